The van der Waals surface area contributed by atoms with Gasteiger partial charge < -0.3 is 19.5 Å². The van der Waals surface area contributed by atoms with Gasteiger partial charge in [-0.2, -0.15) is 0 Å². The highest BCUT2D eigenvalue weighted by molar-refractivity contribution is 9.10. The predicted molar refractivity (Wildman–Crippen MR) is 132 cm³/mol. The standard InChI is InChI=1S/C24H30BrNO6S/c1-6-16-10-11-18(17(25)13-16)31-12-8-9-19(27)26-22-20(23(28)30-7-2)15(5)21(33-22)24(29)32-14(3)4/h10-11,13-14H,6-9,12H2,1-5H3,(H,26,27). The second kappa shape index (κ2) is 12.7. The van der Waals surface area contributed by atoms with Gasteiger partial charge in [-0.3, -0.25) is 4.79 Å². The van der Waals surface area contributed by atoms with E-state index in [1.54, 1.807) is 27.7 Å². The Hall–Kier alpha value is -2.39. The first-order valence-corrected chi connectivity index (χ1v) is 12.5. The van der Waals surface area contributed by atoms with Crippen LogP contribution in [0.3, 0.4) is 0 Å². The van der Waals surface area contributed by atoms with E-state index in [4.69, 9.17) is 14.2 Å². The van der Waals surface area contributed by atoms with Gasteiger partial charge in [0.05, 0.1) is 29.4 Å². The summed E-state index contributed by atoms with van der Waals surface area (Å²) in [4.78, 5) is 37.7. The van der Waals surface area contributed by atoms with Gasteiger partial charge >= 0.3 is 11.9 Å². The van der Waals surface area contributed by atoms with Gasteiger partial charge in [0.2, 0.25) is 5.91 Å². The number of esters is 2. The summed E-state index contributed by atoms with van der Waals surface area (Å²) in [6.45, 7) is 9.45. The number of amides is 1. The van der Waals surface area contributed by atoms with E-state index in [0.29, 0.717) is 18.6 Å². The van der Waals surface area contributed by atoms with Gasteiger partial charge in [-0.05, 0) is 79.7 Å². The number of hydrogen-bond donors (Lipinski definition) is 1. The molecule has 0 aliphatic heterocycles. The van der Waals surface area contributed by atoms with Gasteiger partial charge in [0.25, 0.3) is 0 Å². The second-order valence-electron chi connectivity index (χ2n) is 7.55. The van der Waals surface area contributed by atoms with E-state index >= 15 is 0 Å². The fraction of sp³-hybridized carbons (Fsp3) is 0.458. The first-order chi connectivity index (χ1) is 15.7. The zero-order valence-corrected chi connectivity index (χ0v) is 22.0. The molecule has 0 saturated carbocycles. The minimum Gasteiger partial charge on any atom is -0.492 e. The molecule has 0 aliphatic rings. The average molecular weight is 540 g/mol. The SMILES string of the molecule is CCOC(=O)c1c(NC(=O)CCCOc2ccc(CC)cc2Br)sc(C(=O)OC(C)C)c1C. The number of halogens is 1. The lowest BCUT2D eigenvalue weighted by Gasteiger charge is -2.10. The molecular formula is C24H30BrNO6S. The Kier molecular flexibility index (Phi) is 10.4. The van der Waals surface area contributed by atoms with Crippen LogP contribution in [0.15, 0.2) is 22.7 Å². The molecule has 0 fully saturated rings. The van der Waals surface area contributed by atoms with Crippen molar-refractivity contribution in [3.63, 3.8) is 0 Å². The fourth-order valence-corrected chi connectivity index (χ4v) is 4.63. The Morgan fingerprint density at radius 2 is 1.88 bits per heavy atom. The van der Waals surface area contributed by atoms with Crippen molar-refractivity contribution in [2.75, 3.05) is 18.5 Å². The molecule has 0 radical (unpaired) electrons. The number of ether oxygens (including phenoxy) is 3. The number of aryl methyl sites for hydroxylation is 1. The van der Waals surface area contributed by atoms with Crippen molar-refractivity contribution in [2.24, 2.45) is 0 Å². The summed E-state index contributed by atoms with van der Waals surface area (Å²) in [5, 5.41) is 3.03. The number of hydrogen-bond acceptors (Lipinski definition) is 7. The zero-order valence-electron chi connectivity index (χ0n) is 19.6. The Labute approximate surface area is 206 Å². The number of carbonyl (C=O) groups excluding carboxylic acids is 3. The van der Waals surface area contributed by atoms with Crippen LogP contribution >= 0.6 is 27.3 Å². The monoisotopic (exact) mass is 539 g/mol. The predicted octanol–water partition coefficient (Wildman–Crippen LogP) is 5.92. The zero-order chi connectivity index (χ0) is 24.5. The molecule has 7 nitrogen and oxygen atoms in total. The lowest BCUT2D eigenvalue weighted by molar-refractivity contribution is -0.116. The Balaban J connectivity index is 2.03. The maximum atomic E-state index is 12.5. The molecule has 1 amide bonds. The lowest BCUT2D eigenvalue weighted by Crippen LogP contribution is -2.15. The van der Waals surface area contributed by atoms with Crippen LogP contribution in [0.1, 0.15) is 71.7 Å². The van der Waals surface area contributed by atoms with Gasteiger partial charge in [-0.25, -0.2) is 9.59 Å². The van der Waals surface area contributed by atoms with Crippen LogP contribution in [0.5, 0.6) is 5.75 Å². The normalized spacial score (nSPS) is 10.8. The van der Waals surface area contributed by atoms with E-state index < -0.39 is 11.9 Å². The van der Waals surface area contributed by atoms with Gasteiger partial charge in [0, 0.05) is 6.42 Å². The highest BCUT2D eigenvalue weighted by Gasteiger charge is 2.27. The number of anilines is 1. The molecule has 0 spiro atoms. The van der Waals surface area contributed by atoms with E-state index in [1.807, 2.05) is 18.2 Å². The van der Waals surface area contributed by atoms with E-state index in [-0.39, 0.29) is 40.5 Å². The van der Waals surface area contributed by atoms with Crippen LogP contribution in [-0.4, -0.2) is 37.2 Å². The molecule has 1 aromatic heterocycles. The van der Waals surface area contributed by atoms with Crippen molar-refractivity contribution in [2.45, 2.75) is 60.0 Å². The number of benzene rings is 1. The van der Waals surface area contributed by atoms with Gasteiger partial charge in [-0.1, -0.05) is 13.0 Å². The maximum Gasteiger partial charge on any atom is 0.348 e. The van der Waals surface area contributed by atoms with Crippen LogP contribution in [-0.2, 0) is 20.7 Å². The number of nitrogens with one attached hydrogen (secondary N) is 1. The van der Waals surface area contributed by atoms with Crippen molar-refractivity contribution < 1.29 is 28.6 Å². The Morgan fingerprint density at radius 3 is 2.48 bits per heavy atom. The third-order valence-electron chi connectivity index (χ3n) is 4.62. The smallest absolute Gasteiger partial charge is 0.348 e. The summed E-state index contributed by atoms with van der Waals surface area (Å²) in [5.74, 6) is -0.686. The largest absolute Gasteiger partial charge is 0.492 e. The average Bonchev–Trinajstić information content (AvgIpc) is 3.07. The van der Waals surface area contributed by atoms with E-state index in [9.17, 15) is 14.4 Å². The molecule has 1 N–H and O–H groups in total. The molecule has 1 heterocycles. The fourth-order valence-electron chi connectivity index (χ4n) is 3.00. The van der Waals surface area contributed by atoms with Crippen LogP contribution in [0.4, 0.5) is 5.00 Å². The van der Waals surface area contributed by atoms with Crippen molar-refractivity contribution in [3.05, 3.63) is 44.2 Å². The third kappa shape index (κ3) is 7.57. The first kappa shape index (κ1) is 26.9. The van der Waals surface area contributed by atoms with E-state index in [1.165, 1.54) is 5.56 Å². The first-order valence-electron chi connectivity index (χ1n) is 10.9. The molecule has 0 saturated heterocycles. The highest BCUT2D eigenvalue weighted by atomic mass is 79.9. The molecule has 2 aromatic rings. The van der Waals surface area contributed by atoms with E-state index in [0.717, 1.165) is 28.0 Å². The molecule has 0 aliphatic carbocycles. The molecule has 9 heteroatoms. The molecule has 180 valence electrons. The van der Waals surface area contributed by atoms with Gasteiger partial charge in [0.15, 0.2) is 0 Å². The number of carbonyl (C=O) groups is 3. The maximum absolute atomic E-state index is 12.5. The molecule has 0 unspecified atom stereocenters. The Morgan fingerprint density at radius 1 is 1.15 bits per heavy atom. The van der Waals surface area contributed by atoms with Gasteiger partial charge in [0.1, 0.15) is 15.6 Å². The molecule has 33 heavy (non-hydrogen) atoms. The molecule has 0 atom stereocenters. The molecule has 0 bridgehead atoms. The lowest BCUT2D eigenvalue weighted by atomic mass is 10.1. The highest BCUT2D eigenvalue weighted by Crippen LogP contribution is 2.34. The topological polar surface area (TPSA) is 90.9 Å². The summed E-state index contributed by atoms with van der Waals surface area (Å²) < 4.78 is 17.0. The summed E-state index contributed by atoms with van der Waals surface area (Å²) in [6, 6.07) is 5.92. The molecule has 2 rings (SSSR count). The van der Waals surface area contributed by atoms with Gasteiger partial charge in [-0.15, -0.1) is 11.3 Å². The third-order valence-corrected chi connectivity index (χ3v) is 6.42. The molecular weight excluding hydrogens is 510 g/mol. The second-order valence-corrected chi connectivity index (χ2v) is 9.43. The van der Waals surface area contributed by atoms with Crippen molar-refractivity contribution in [1.29, 1.82) is 0 Å². The summed E-state index contributed by atoms with van der Waals surface area (Å²) >= 11 is 4.51. The summed E-state index contributed by atoms with van der Waals surface area (Å²) in [7, 11) is 0. The summed E-state index contributed by atoms with van der Waals surface area (Å²) in [5.41, 5.74) is 1.82. The van der Waals surface area contributed by atoms with Crippen molar-refractivity contribution >= 4 is 50.1 Å². The molecule has 1 aromatic carbocycles. The summed E-state index contributed by atoms with van der Waals surface area (Å²) in [6.07, 6.45) is 1.30. The Bertz CT molecular complexity index is 1000. The number of thiophene rings is 1. The van der Waals surface area contributed by atoms with Crippen LogP contribution in [0, 0.1) is 6.92 Å². The minimum atomic E-state index is -0.589. The van der Waals surface area contributed by atoms with Crippen LogP contribution in [0.25, 0.3) is 0 Å². The van der Waals surface area contributed by atoms with Crippen LogP contribution < -0.4 is 10.1 Å². The minimum absolute atomic E-state index is 0.180. The van der Waals surface area contributed by atoms with E-state index in [2.05, 4.69) is 28.2 Å². The van der Waals surface area contributed by atoms with Crippen molar-refractivity contribution in [1.82, 2.24) is 0 Å². The number of rotatable bonds is 11. The van der Waals surface area contributed by atoms with Crippen molar-refractivity contribution in [3.8, 4) is 5.75 Å². The quantitative estimate of drug-likeness (QED) is 0.281. The van der Waals surface area contributed by atoms with Crippen LogP contribution in [0.2, 0.25) is 0 Å².